The second-order valence-electron chi connectivity index (χ2n) is 12.3. The van der Waals surface area contributed by atoms with Gasteiger partial charge >= 0.3 is 0 Å². The van der Waals surface area contributed by atoms with Crippen molar-refractivity contribution >= 4 is 49.3 Å². The van der Waals surface area contributed by atoms with Crippen molar-refractivity contribution < 1.29 is 0 Å². The van der Waals surface area contributed by atoms with Crippen LogP contribution < -0.4 is 0 Å². The lowest BCUT2D eigenvalue weighted by Crippen LogP contribution is -1.99. The lowest BCUT2D eigenvalue weighted by atomic mass is 9.94. The van der Waals surface area contributed by atoms with E-state index in [0.717, 1.165) is 66.5 Å². The van der Waals surface area contributed by atoms with Crippen molar-refractivity contribution in [2.24, 2.45) is 0 Å². The van der Waals surface area contributed by atoms with Crippen molar-refractivity contribution in [1.29, 1.82) is 10.5 Å². The van der Waals surface area contributed by atoms with E-state index in [-0.39, 0.29) is 0 Å². The minimum Gasteiger partial charge on any atom is -0.310 e. The first-order valence-corrected chi connectivity index (χ1v) is 16.3. The quantitative estimate of drug-likeness (QED) is 0.181. The summed E-state index contributed by atoms with van der Waals surface area (Å²) in [4.78, 5) is 3.71. The molecule has 2 heterocycles. The Morgan fingerprint density at radius 2 is 1.14 bits per heavy atom. The summed E-state index contributed by atoms with van der Waals surface area (Å²) in [6.45, 7) is 7.71. The summed E-state index contributed by atoms with van der Waals surface area (Å²) in [5.41, 5.74) is 11.4. The van der Waals surface area contributed by atoms with Gasteiger partial charge < -0.3 is 9.13 Å². The van der Waals surface area contributed by atoms with E-state index < -0.39 is 0 Å². The monoisotopic (exact) mass is 635 g/mol. The molecule has 0 spiro atoms. The third-order valence-electron chi connectivity index (χ3n) is 9.58. The van der Waals surface area contributed by atoms with Crippen LogP contribution in [0.25, 0.3) is 82.1 Å². The fourth-order valence-electron chi connectivity index (χ4n) is 7.41. The zero-order valence-corrected chi connectivity index (χ0v) is 26.7. The average molecular weight is 636 g/mol. The highest BCUT2D eigenvalue weighted by atomic mass is 15.0. The fraction of sp³-hybridized carbons (Fsp3) is 0. The number of para-hydroxylation sites is 2. The van der Waals surface area contributed by atoms with Crippen LogP contribution in [0.5, 0.6) is 0 Å². The fourth-order valence-corrected chi connectivity index (χ4v) is 7.41. The van der Waals surface area contributed by atoms with Gasteiger partial charge in [-0.05, 0) is 83.4 Å². The molecule has 0 atom stereocenters. The van der Waals surface area contributed by atoms with Gasteiger partial charge in [-0.1, -0.05) is 84.9 Å². The molecule has 0 aliphatic rings. The molecule has 0 aliphatic heterocycles. The molecular weight excluding hydrogens is 611 g/mol. The number of nitrogens with zero attached hydrogens (tertiary/aromatic N) is 5. The molecule has 50 heavy (non-hydrogen) atoms. The number of aromatic nitrogens is 2. The summed E-state index contributed by atoms with van der Waals surface area (Å²) < 4.78 is 4.44. The van der Waals surface area contributed by atoms with Crippen LogP contribution in [0, 0.1) is 29.2 Å². The number of fused-ring (bicyclic) bond motifs is 6. The van der Waals surface area contributed by atoms with E-state index >= 15 is 0 Å². The van der Waals surface area contributed by atoms with E-state index in [1.165, 1.54) is 10.8 Å². The van der Waals surface area contributed by atoms with Crippen LogP contribution in [0.2, 0.25) is 0 Å². The Morgan fingerprint density at radius 1 is 0.480 bits per heavy atom. The molecule has 9 rings (SSSR count). The van der Waals surface area contributed by atoms with E-state index in [4.69, 9.17) is 6.57 Å². The highest BCUT2D eigenvalue weighted by molar-refractivity contribution is 6.11. The first-order valence-electron chi connectivity index (χ1n) is 16.3. The van der Waals surface area contributed by atoms with Crippen molar-refractivity contribution in [1.82, 2.24) is 9.13 Å². The molecule has 0 bridgehead atoms. The normalized spacial score (nSPS) is 11.1. The van der Waals surface area contributed by atoms with Gasteiger partial charge in [0.1, 0.15) is 0 Å². The van der Waals surface area contributed by atoms with Crippen LogP contribution in [-0.2, 0) is 0 Å². The molecule has 5 heteroatoms. The topological polar surface area (TPSA) is 61.8 Å². The second kappa shape index (κ2) is 11.4. The molecule has 2 aromatic heterocycles. The van der Waals surface area contributed by atoms with Crippen molar-refractivity contribution in [3.63, 3.8) is 0 Å². The molecule has 230 valence electrons. The molecular formula is C45H25N5. The Morgan fingerprint density at radius 3 is 1.88 bits per heavy atom. The molecule has 0 fully saturated rings. The van der Waals surface area contributed by atoms with E-state index in [1.807, 2.05) is 66.7 Å². The first-order chi connectivity index (χ1) is 24.7. The van der Waals surface area contributed by atoms with Crippen LogP contribution in [0.1, 0.15) is 11.1 Å². The Kier molecular flexibility index (Phi) is 6.56. The Balaban J connectivity index is 1.25. The Labute approximate surface area is 288 Å². The minimum absolute atomic E-state index is 0.519. The zero-order valence-electron chi connectivity index (χ0n) is 26.7. The summed E-state index contributed by atoms with van der Waals surface area (Å²) in [5.74, 6) is 0. The predicted octanol–water partition coefficient (Wildman–Crippen LogP) is 11.5. The van der Waals surface area contributed by atoms with E-state index in [9.17, 15) is 10.5 Å². The van der Waals surface area contributed by atoms with Crippen molar-refractivity contribution in [3.8, 4) is 45.8 Å². The predicted molar refractivity (Wildman–Crippen MR) is 202 cm³/mol. The highest BCUT2D eigenvalue weighted by Gasteiger charge is 2.20. The summed E-state index contributed by atoms with van der Waals surface area (Å²) in [6.07, 6.45) is 0. The van der Waals surface area contributed by atoms with Crippen LogP contribution in [-0.4, -0.2) is 9.13 Å². The number of benzene rings is 7. The molecule has 0 aliphatic carbocycles. The van der Waals surface area contributed by atoms with Crippen LogP contribution in [0.3, 0.4) is 0 Å². The Hall–Kier alpha value is -7.39. The first kappa shape index (κ1) is 28.8. The third kappa shape index (κ3) is 4.38. The van der Waals surface area contributed by atoms with Crippen LogP contribution in [0.4, 0.5) is 5.69 Å². The minimum atomic E-state index is 0.519. The maximum Gasteiger partial charge on any atom is 0.189 e. The third-order valence-corrected chi connectivity index (χ3v) is 9.58. The molecule has 0 amide bonds. The number of nitriles is 2. The van der Waals surface area contributed by atoms with Crippen molar-refractivity contribution in [2.45, 2.75) is 0 Å². The van der Waals surface area contributed by atoms with Gasteiger partial charge in [-0.3, -0.25) is 0 Å². The second-order valence-corrected chi connectivity index (χ2v) is 12.3. The van der Waals surface area contributed by atoms with Gasteiger partial charge in [-0.15, -0.1) is 0 Å². The summed E-state index contributed by atoms with van der Waals surface area (Å²) in [6, 6.07) is 55.7. The largest absolute Gasteiger partial charge is 0.310 e. The van der Waals surface area contributed by atoms with Crippen LogP contribution >= 0.6 is 0 Å². The van der Waals surface area contributed by atoms with Gasteiger partial charge in [0.15, 0.2) is 5.69 Å². The van der Waals surface area contributed by atoms with Gasteiger partial charge in [0.05, 0.1) is 52.1 Å². The lowest BCUT2D eigenvalue weighted by molar-refractivity contribution is 1.18. The SMILES string of the molecule is [C-]#[N+]c1ccc2c3cc(C#N)ccc3n(-c3cccc(C#N)c3-c3cccc(-c4cccc(-n5c6ccccc6c6ccccc65)c4)c3)c2c1. The molecule has 0 saturated carbocycles. The van der Waals surface area contributed by atoms with Crippen molar-refractivity contribution in [3.05, 3.63) is 174 Å². The number of rotatable bonds is 4. The number of hydrogen-bond acceptors (Lipinski definition) is 2. The van der Waals surface area contributed by atoms with Gasteiger partial charge in [-0.25, -0.2) is 4.85 Å². The maximum atomic E-state index is 10.4. The summed E-state index contributed by atoms with van der Waals surface area (Å²) in [5, 5.41) is 24.4. The van der Waals surface area contributed by atoms with E-state index in [1.54, 1.807) is 0 Å². The standard InChI is InChI=1S/C45H25N5/c1-48-34-20-21-38-39-23-29(27-46)19-22-42(39)50(44(38)26-34)43-18-8-12-33(28-47)45(43)32-11-6-9-30(24-32)31-10-7-13-35(25-31)49-40-16-4-2-14-36(40)37-15-3-5-17-41(37)49/h2-26H. The zero-order chi connectivity index (χ0) is 33.8. The van der Waals surface area contributed by atoms with Gasteiger partial charge in [0, 0.05) is 38.3 Å². The van der Waals surface area contributed by atoms with E-state index in [2.05, 4.69) is 111 Å². The van der Waals surface area contributed by atoms with E-state index in [0.29, 0.717) is 16.8 Å². The molecule has 0 N–H and O–H groups in total. The summed E-state index contributed by atoms with van der Waals surface area (Å²) >= 11 is 0. The molecule has 0 unspecified atom stereocenters. The molecule has 9 aromatic rings. The van der Waals surface area contributed by atoms with Gasteiger partial charge in [0.2, 0.25) is 0 Å². The molecule has 0 saturated heterocycles. The molecule has 0 radical (unpaired) electrons. The maximum absolute atomic E-state index is 10.4. The smallest absolute Gasteiger partial charge is 0.189 e. The van der Waals surface area contributed by atoms with Gasteiger partial charge in [-0.2, -0.15) is 10.5 Å². The molecule has 5 nitrogen and oxygen atoms in total. The lowest BCUT2D eigenvalue weighted by Gasteiger charge is -2.17. The van der Waals surface area contributed by atoms with Crippen LogP contribution in [0.15, 0.2) is 152 Å². The summed E-state index contributed by atoms with van der Waals surface area (Å²) in [7, 11) is 0. The average Bonchev–Trinajstić information content (AvgIpc) is 3.69. The van der Waals surface area contributed by atoms with Gasteiger partial charge in [0.25, 0.3) is 0 Å². The number of hydrogen-bond donors (Lipinski definition) is 0. The molecule has 7 aromatic carbocycles. The Bertz CT molecular complexity index is 2920. The highest BCUT2D eigenvalue weighted by Crippen LogP contribution is 2.40. The van der Waals surface area contributed by atoms with Crippen molar-refractivity contribution in [2.75, 3.05) is 0 Å².